The van der Waals surface area contributed by atoms with Crippen LogP contribution in [0.15, 0.2) is 60.7 Å². The van der Waals surface area contributed by atoms with E-state index in [9.17, 15) is 4.79 Å². The fourth-order valence-electron chi connectivity index (χ4n) is 2.48. The Bertz CT molecular complexity index is 677. The Morgan fingerprint density at radius 3 is 2.38 bits per heavy atom. The van der Waals surface area contributed by atoms with Crippen molar-refractivity contribution in [3.05, 3.63) is 71.8 Å². The van der Waals surface area contributed by atoms with E-state index in [0.717, 1.165) is 16.9 Å². The Morgan fingerprint density at radius 2 is 1.73 bits per heavy atom. The third-order valence-corrected chi connectivity index (χ3v) is 3.72. The molecule has 0 saturated carbocycles. The maximum absolute atomic E-state index is 11.9. The van der Waals surface area contributed by atoms with Gasteiger partial charge in [-0.2, -0.15) is 0 Å². The molecule has 0 aliphatic rings. The lowest BCUT2D eigenvalue weighted by atomic mass is 10.1. The zero-order chi connectivity index (χ0) is 18.6. The number of benzene rings is 2. The Morgan fingerprint density at radius 1 is 1.00 bits per heavy atom. The van der Waals surface area contributed by atoms with Crippen molar-refractivity contribution in [2.45, 2.75) is 26.4 Å². The first kappa shape index (κ1) is 19.7. The summed E-state index contributed by atoms with van der Waals surface area (Å²) in [5, 5.41) is 0. The molecule has 1 atom stereocenters. The van der Waals surface area contributed by atoms with E-state index in [1.165, 1.54) is 0 Å². The Labute approximate surface area is 155 Å². The van der Waals surface area contributed by atoms with E-state index in [2.05, 4.69) is 0 Å². The van der Waals surface area contributed by atoms with Crippen molar-refractivity contribution >= 4 is 12.0 Å². The summed E-state index contributed by atoms with van der Waals surface area (Å²) in [5.74, 6) is 0.469. The molecule has 0 bridgehead atoms. The number of carbonyl (C=O) groups excluding carboxylic acids is 1. The van der Waals surface area contributed by atoms with Crippen LogP contribution in [0.2, 0.25) is 0 Å². The molecule has 26 heavy (non-hydrogen) atoms. The second-order valence-corrected chi connectivity index (χ2v) is 5.67. The molecule has 0 heterocycles. The molecule has 2 aromatic carbocycles. The standard InChI is InChI=1S/C22H26O4/c1-3-24-21(22(23)25-4-2)17-19-12-14-20(15-13-19)26-16-8-11-18-9-6-5-7-10-18/h5-15,21H,3-4,16-17H2,1-2H3. The summed E-state index contributed by atoms with van der Waals surface area (Å²) >= 11 is 0. The van der Waals surface area contributed by atoms with Crippen LogP contribution in [0.3, 0.4) is 0 Å². The molecule has 4 heteroatoms. The van der Waals surface area contributed by atoms with Crippen molar-refractivity contribution < 1.29 is 19.0 Å². The van der Waals surface area contributed by atoms with E-state index in [4.69, 9.17) is 14.2 Å². The van der Waals surface area contributed by atoms with Gasteiger partial charge in [-0.05, 0) is 43.2 Å². The highest BCUT2D eigenvalue weighted by Crippen LogP contribution is 2.15. The van der Waals surface area contributed by atoms with Crippen LogP contribution < -0.4 is 4.74 Å². The first-order chi connectivity index (χ1) is 12.7. The van der Waals surface area contributed by atoms with Gasteiger partial charge in [0.15, 0.2) is 6.10 Å². The number of hydrogen-bond donors (Lipinski definition) is 0. The fourth-order valence-corrected chi connectivity index (χ4v) is 2.48. The van der Waals surface area contributed by atoms with Gasteiger partial charge in [0.1, 0.15) is 12.4 Å². The molecule has 4 nitrogen and oxygen atoms in total. The highest BCUT2D eigenvalue weighted by Gasteiger charge is 2.20. The predicted molar refractivity (Wildman–Crippen MR) is 103 cm³/mol. The molecule has 0 amide bonds. The number of rotatable bonds is 10. The van der Waals surface area contributed by atoms with Gasteiger partial charge in [-0.25, -0.2) is 4.79 Å². The van der Waals surface area contributed by atoms with Crippen LogP contribution >= 0.6 is 0 Å². The Hall–Kier alpha value is -2.59. The molecule has 138 valence electrons. The third-order valence-electron chi connectivity index (χ3n) is 3.72. The van der Waals surface area contributed by atoms with Gasteiger partial charge in [0.25, 0.3) is 0 Å². The van der Waals surface area contributed by atoms with Crippen LogP contribution in [-0.4, -0.2) is 31.9 Å². The molecule has 0 saturated heterocycles. The zero-order valence-corrected chi connectivity index (χ0v) is 15.4. The topological polar surface area (TPSA) is 44.8 Å². The average molecular weight is 354 g/mol. The van der Waals surface area contributed by atoms with E-state index in [1.54, 1.807) is 6.92 Å². The summed E-state index contributed by atoms with van der Waals surface area (Å²) in [6.07, 6.45) is 3.93. The molecule has 1 unspecified atom stereocenters. The van der Waals surface area contributed by atoms with E-state index in [1.807, 2.05) is 73.7 Å². The van der Waals surface area contributed by atoms with Gasteiger partial charge in [-0.15, -0.1) is 0 Å². The summed E-state index contributed by atoms with van der Waals surface area (Å²) in [6.45, 7) is 4.98. The van der Waals surface area contributed by atoms with Gasteiger partial charge in [-0.1, -0.05) is 48.5 Å². The van der Waals surface area contributed by atoms with Gasteiger partial charge in [-0.3, -0.25) is 0 Å². The predicted octanol–water partition coefficient (Wildman–Crippen LogP) is 4.29. The van der Waals surface area contributed by atoms with Crippen molar-refractivity contribution in [1.82, 2.24) is 0 Å². The van der Waals surface area contributed by atoms with Crippen molar-refractivity contribution in [2.24, 2.45) is 0 Å². The van der Waals surface area contributed by atoms with Crippen LogP contribution in [0.4, 0.5) is 0 Å². The van der Waals surface area contributed by atoms with Crippen LogP contribution in [0.25, 0.3) is 6.08 Å². The van der Waals surface area contributed by atoms with E-state index >= 15 is 0 Å². The zero-order valence-electron chi connectivity index (χ0n) is 15.4. The van der Waals surface area contributed by atoms with Gasteiger partial charge in [0, 0.05) is 13.0 Å². The summed E-state index contributed by atoms with van der Waals surface area (Å²) in [5.41, 5.74) is 2.15. The summed E-state index contributed by atoms with van der Waals surface area (Å²) in [7, 11) is 0. The van der Waals surface area contributed by atoms with Gasteiger partial charge < -0.3 is 14.2 Å². The van der Waals surface area contributed by atoms with Gasteiger partial charge in [0.2, 0.25) is 0 Å². The summed E-state index contributed by atoms with van der Waals surface area (Å²) in [4.78, 5) is 11.9. The normalized spacial score (nSPS) is 12.1. The van der Waals surface area contributed by atoms with Crippen molar-refractivity contribution in [3.8, 4) is 5.75 Å². The summed E-state index contributed by atoms with van der Waals surface area (Å²) < 4.78 is 16.3. The van der Waals surface area contributed by atoms with E-state index < -0.39 is 6.10 Å². The van der Waals surface area contributed by atoms with Crippen LogP contribution in [0, 0.1) is 0 Å². The molecule has 0 radical (unpaired) electrons. The lowest BCUT2D eigenvalue weighted by Crippen LogP contribution is -2.28. The minimum Gasteiger partial charge on any atom is -0.490 e. The van der Waals surface area contributed by atoms with Gasteiger partial charge in [0.05, 0.1) is 6.61 Å². The molecule has 0 aliphatic carbocycles. The highest BCUT2D eigenvalue weighted by molar-refractivity contribution is 5.75. The Balaban J connectivity index is 1.84. The minimum absolute atomic E-state index is 0.319. The highest BCUT2D eigenvalue weighted by atomic mass is 16.6. The van der Waals surface area contributed by atoms with E-state index in [-0.39, 0.29) is 5.97 Å². The minimum atomic E-state index is -0.569. The number of esters is 1. The van der Waals surface area contributed by atoms with Crippen LogP contribution in [0.5, 0.6) is 5.75 Å². The first-order valence-electron chi connectivity index (χ1n) is 8.94. The fraction of sp³-hybridized carbons (Fsp3) is 0.318. The largest absolute Gasteiger partial charge is 0.490 e. The molecule has 0 spiro atoms. The number of carbonyl (C=O) groups is 1. The van der Waals surface area contributed by atoms with Gasteiger partial charge >= 0.3 is 5.97 Å². The molecular formula is C22H26O4. The maximum atomic E-state index is 11.9. The monoisotopic (exact) mass is 354 g/mol. The second kappa shape index (κ2) is 11.1. The molecule has 0 fully saturated rings. The maximum Gasteiger partial charge on any atom is 0.335 e. The number of hydrogen-bond acceptors (Lipinski definition) is 4. The van der Waals surface area contributed by atoms with Crippen LogP contribution in [-0.2, 0) is 20.7 Å². The Kier molecular flexibility index (Phi) is 8.43. The average Bonchev–Trinajstić information content (AvgIpc) is 2.67. The third kappa shape index (κ3) is 6.73. The smallest absolute Gasteiger partial charge is 0.335 e. The van der Waals surface area contributed by atoms with Crippen molar-refractivity contribution in [1.29, 1.82) is 0 Å². The molecular weight excluding hydrogens is 328 g/mol. The van der Waals surface area contributed by atoms with E-state index in [0.29, 0.717) is 26.2 Å². The quantitative estimate of drug-likeness (QED) is 0.597. The first-order valence-corrected chi connectivity index (χ1v) is 8.94. The lowest BCUT2D eigenvalue weighted by molar-refractivity contribution is -0.156. The second-order valence-electron chi connectivity index (χ2n) is 5.67. The van der Waals surface area contributed by atoms with Crippen molar-refractivity contribution in [2.75, 3.05) is 19.8 Å². The summed E-state index contributed by atoms with van der Waals surface area (Å²) in [6, 6.07) is 17.8. The number of ether oxygens (including phenoxy) is 3. The van der Waals surface area contributed by atoms with Crippen molar-refractivity contribution in [3.63, 3.8) is 0 Å². The SMILES string of the molecule is CCOC(=O)C(Cc1ccc(OCC=Cc2ccccc2)cc1)OCC. The molecule has 2 aromatic rings. The molecule has 0 N–H and O–H groups in total. The lowest BCUT2D eigenvalue weighted by Gasteiger charge is -2.15. The van der Waals surface area contributed by atoms with Crippen LogP contribution in [0.1, 0.15) is 25.0 Å². The molecule has 0 aliphatic heterocycles. The molecule has 2 rings (SSSR count). The molecule has 0 aromatic heterocycles.